The fourth-order valence-corrected chi connectivity index (χ4v) is 1.16. The number of carbonyl (C=O) groups is 2. The van der Waals surface area contributed by atoms with Crippen LogP contribution in [0.1, 0.15) is 5.56 Å². The van der Waals surface area contributed by atoms with Crippen LogP contribution in [0.3, 0.4) is 0 Å². The summed E-state index contributed by atoms with van der Waals surface area (Å²) < 4.78 is 4.71. The van der Waals surface area contributed by atoms with E-state index in [0.29, 0.717) is 0 Å². The highest BCUT2D eigenvalue weighted by Crippen LogP contribution is 2.00. The largest absolute Gasteiger partial charge is 0.460 e. The second-order valence-electron chi connectivity index (χ2n) is 3.43. The van der Waals surface area contributed by atoms with E-state index in [0.717, 1.165) is 5.56 Å². The van der Waals surface area contributed by atoms with E-state index in [4.69, 9.17) is 4.74 Å². The SMILES string of the molecule is C=CCOC(=O)CNC(=O)/C=C/c1ccccc1. The molecule has 0 heterocycles. The fourth-order valence-electron chi connectivity index (χ4n) is 1.16. The molecular formula is C14H15NO3. The molecule has 1 rings (SSSR count). The zero-order valence-corrected chi connectivity index (χ0v) is 9.96. The second kappa shape index (κ2) is 7.84. The maximum atomic E-state index is 11.4. The lowest BCUT2D eigenvalue weighted by molar-refractivity contribution is -0.142. The van der Waals surface area contributed by atoms with E-state index >= 15 is 0 Å². The van der Waals surface area contributed by atoms with Gasteiger partial charge in [-0.3, -0.25) is 9.59 Å². The van der Waals surface area contributed by atoms with Crippen LogP contribution in [0.4, 0.5) is 0 Å². The molecule has 0 aliphatic rings. The van der Waals surface area contributed by atoms with Crippen LogP contribution in [0.15, 0.2) is 49.1 Å². The summed E-state index contributed by atoms with van der Waals surface area (Å²) in [4.78, 5) is 22.4. The third-order valence-electron chi connectivity index (χ3n) is 2.00. The molecule has 0 aliphatic heterocycles. The van der Waals surface area contributed by atoms with E-state index in [1.54, 1.807) is 6.08 Å². The maximum Gasteiger partial charge on any atom is 0.325 e. The van der Waals surface area contributed by atoms with Gasteiger partial charge in [-0.25, -0.2) is 0 Å². The first-order valence-electron chi connectivity index (χ1n) is 5.50. The van der Waals surface area contributed by atoms with Crippen molar-refractivity contribution in [1.82, 2.24) is 5.32 Å². The van der Waals surface area contributed by atoms with Gasteiger partial charge in [0.1, 0.15) is 13.2 Å². The number of ether oxygens (including phenoxy) is 1. The standard InChI is InChI=1S/C14H15NO3/c1-2-10-18-14(17)11-15-13(16)9-8-12-6-4-3-5-7-12/h2-9H,1,10-11H2,(H,15,16)/b9-8+. The van der Waals surface area contributed by atoms with E-state index in [1.807, 2.05) is 30.3 Å². The molecule has 1 aromatic carbocycles. The number of esters is 1. The van der Waals surface area contributed by atoms with Crippen LogP contribution in [-0.2, 0) is 14.3 Å². The Labute approximate surface area is 106 Å². The van der Waals surface area contributed by atoms with Gasteiger partial charge >= 0.3 is 5.97 Å². The molecule has 0 radical (unpaired) electrons. The Balaban J connectivity index is 2.31. The highest BCUT2D eigenvalue weighted by Gasteiger charge is 2.02. The molecule has 0 aromatic heterocycles. The van der Waals surface area contributed by atoms with Crippen molar-refractivity contribution in [3.8, 4) is 0 Å². The van der Waals surface area contributed by atoms with Crippen LogP contribution < -0.4 is 5.32 Å². The van der Waals surface area contributed by atoms with Crippen molar-refractivity contribution in [3.05, 3.63) is 54.6 Å². The van der Waals surface area contributed by atoms with Gasteiger partial charge in [0.2, 0.25) is 5.91 Å². The van der Waals surface area contributed by atoms with Crippen molar-refractivity contribution in [3.63, 3.8) is 0 Å². The molecule has 0 bridgehead atoms. The zero-order valence-electron chi connectivity index (χ0n) is 9.96. The quantitative estimate of drug-likeness (QED) is 0.470. The monoisotopic (exact) mass is 245 g/mol. The smallest absolute Gasteiger partial charge is 0.325 e. The van der Waals surface area contributed by atoms with Gasteiger partial charge in [0, 0.05) is 6.08 Å². The van der Waals surface area contributed by atoms with Gasteiger partial charge in [0.25, 0.3) is 0 Å². The minimum absolute atomic E-state index is 0.147. The second-order valence-corrected chi connectivity index (χ2v) is 3.43. The summed E-state index contributed by atoms with van der Waals surface area (Å²) in [7, 11) is 0. The van der Waals surface area contributed by atoms with Crippen LogP contribution in [0.5, 0.6) is 0 Å². The Morgan fingerprint density at radius 1 is 1.28 bits per heavy atom. The molecule has 0 saturated carbocycles. The maximum absolute atomic E-state index is 11.4. The molecule has 0 aliphatic carbocycles. The Morgan fingerprint density at radius 2 is 2.00 bits per heavy atom. The molecule has 18 heavy (non-hydrogen) atoms. The van der Waals surface area contributed by atoms with E-state index in [9.17, 15) is 9.59 Å². The van der Waals surface area contributed by atoms with Crippen LogP contribution in [0.25, 0.3) is 6.08 Å². The van der Waals surface area contributed by atoms with Gasteiger partial charge in [0.15, 0.2) is 0 Å². The van der Waals surface area contributed by atoms with Gasteiger partial charge in [-0.1, -0.05) is 43.0 Å². The summed E-state index contributed by atoms with van der Waals surface area (Å²) in [5, 5.41) is 2.43. The van der Waals surface area contributed by atoms with Crippen molar-refractivity contribution in [1.29, 1.82) is 0 Å². The molecule has 1 amide bonds. The number of rotatable bonds is 6. The number of hydrogen-bond acceptors (Lipinski definition) is 3. The summed E-state index contributed by atoms with van der Waals surface area (Å²) in [5.74, 6) is -0.828. The van der Waals surface area contributed by atoms with E-state index in [-0.39, 0.29) is 19.1 Å². The predicted octanol–water partition coefficient (Wildman–Crippen LogP) is 1.55. The van der Waals surface area contributed by atoms with Gasteiger partial charge < -0.3 is 10.1 Å². The Morgan fingerprint density at radius 3 is 2.67 bits per heavy atom. The number of carbonyl (C=O) groups excluding carboxylic acids is 2. The third-order valence-corrected chi connectivity index (χ3v) is 2.00. The number of hydrogen-bond donors (Lipinski definition) is 1. The Hall–Kier alpha value is -2.36. The predicted molar refractivity (Wildman–Crippen MR) is 69.6 cm³/mol. The van der Waals surface area contributed by atoms with Crippen molar-refractivity contribution in [2.45, 2.75) is 0 Å². The summed E-state index contributed by atoms with van der Waals surface area (Å²) in [6.07, 6.45) is 4.51. The van der Waals surface area contributed by atoms with Gasteiger partial charge in [-0.15, -0.1) is 0 Å². The molecule has 0 unspecified atom stereocenters. The summed E-state index contributed by atoms with van der Waals surface area (Å²) in [6, 6.07) is 9.41. The molecule has 1 aromatic rings. The summed E-state index contributed by atoms with van der Waals surface area (Å²) in [5.41, 5.74) is 0.918. The molecular weight excluding hydrogens is 230 g/mol. The molecule has 4 nitrogen and oxygen atoms in total. The van der Waals surface area contributed by atoms with E-state index in [1.165, 1.54) is 12.2 Å². The molecule has 0 atom stereocenters. The van der Waals surface area contributed by atoms with Crippen LogP contribution >= 0.6 is 0 Å². The van der Waals surface area contributed by atoms with Gasteiger partial charge in [-0.05, 0) is 11.6 Å². The van der Waals surface area contributed by atoms with Crippen molar-refractivity contribution < 1.29 is 14.3 Å². The normalized spacial score (nSPS) is 10.0. The van der Waals surface area contributed by atoms with Crippen molar-refractivity contribution in [2.24, 2.45) is 0 Å². The molecule has 0 spiro atoms. The highest BCUT2D eigenvalue weighted by atomic mass is 16.5. The van der Waals surface area contributed by atoms with Gasteiger partial charge in [0.05, 0.1) is 0 Å². The van der Waals surface area contributed by atoms with Crippen molar-refractivity contribution in [2.75, 3.05) is 13.2 Å². The third kappa shape index (κ3) is 5.65. The lowest BCUT2D eigenvalue weighted by Gasteiger charge is -2.02. The zero-order chi connectivity index (χ0) is 13.2. The Kier molecular flexibility index (Phi) is 5.97. The molecule has 0 saturated heterocycles. The number of nitrogens with one attached hydrogen (secondary N) is 1. The Bertz CT molecular complexity index is 438. The van der Waals surface area contributed by atoms with Crippen LogP contribution in [0.2, 0.25) is 0 Å². The molecule has 0 fully saturated rings. The number of benzene rings is 1. The first kappa shape index (κ1) is 13.7. The minimum Gasteiger partial charge on any atom is -0.460 e. The average molecular weight is 245 g/mol. The van der Waals surface area contributed by atoms with E-state index in [2.05, 4.69) is 11.9 Å². The summed E-state index contributed by atoms with van der Waals surface area (Å²) in [6.45, 7) is 3.42. The molecule has 4 heteroatoms. The average Bonchev–Trinajstić information content (AvgIpc) is 2.41. The summed E-state index contributed by atoms with van der Waals surface area (Å²) >= 11 is 0. The topological polar surface area (TPSA) is 55.4 Å². The first-order valence-corrected chi connectivity index (χ1v) is 5.50. The number of amides is 1. The van der Waals surface area contributed by atoms with Crippen LogP contribution in [-0.4, -0.2) is 25.0 Å². The molecule has 1 N–H and O–H groups in total. The lowest BCUT2D eigenvalue weighted by atomic mass is 10.2. The minimum atomic E-state index is -0.489. The lowest BCUT2D eigenvalue weighted by Crippen LogP contribution is -2.29. The van der Waals surface area contributed by atoms with Crippen molar-refractivity contribution >= 4 is 18.0 Å². The highest BCUT2D eigenvalue weighted by molar-refractivity contribution is 5.93. The fraction of sp³-hybridized carbons (Fsp3) is 0.143. The first-order chi connectivity index (χ1) is 8.72. The van der Waals surface area contributed by atoms with Crippen LogP contribution in [0, 0.1) is 0 Å². The van der Waals surface area contributed by atoms with E-state index < -0.39 is 5.97 Å². The van der Waals surface area contributed by atoms with Gasteiger partial charge in [-0.2, -0.15) is 0 Å². The molecule has 94 valence electrons.